The van der Waals surface area contributed by atoms with Gasteiger partial charge in [-0.3, -0.25) is 9.59 Å². The van der Waals surface area contributed by atoms with Crippen LogP contribution in [-0.2, 0) is 10.5 Å². The summed E-state index contributed by atoms with van der Waals surface area (Å²) in [7, 11) is 1.82. The summed E-state index contributed by atoms with van der Waals surface area (Å²) in [5, 5.41) is 0.447. The molecule has 2 aromatic heterocycles. The van der Waals surface area contributed by atoms with Crippen LogP contribution >= 0.6 is 23.1 Å². The summed E-state index contributed by atoms with van der Waals surface area (Å²) in [5.41, 5.74) is 1.99. The third kappa shape index (κ3) is 5.68. The van der Waals surface area contributed by atoms with E-state index in [0.717, 1.165) is 33.0 Å². The normalized spacial score (nSPS) is 12.2. The van der Waals surface area contributed by atoms with Gasteiger partial charge in [0.15, 0.2) is 0 Å². The van der Waals surface area contributed by atoms with E-state index >= 15 is 0 Å². The van der Waals surface area contributed by atoms with Crippen LogP contribution in [-0.4, -0.2) is 46.2 Å². The van der Waals surface area contributed by atoms with Crippen molar-refractivity contribution in [3.8, 4) is 5.75 Å². The second-order valence-electron chi connectivity index (χ2n) is 7.66. The van der Waals surface area contributed by atoms with Crippen molar-refractivity contribution in [1.82, 2.24) is 14.9 Å². The zero-order valence-electron chi connectivity index (χ0n) is 18.7. The largest absolute Gasteiger partial charge is 0.493 e. The van der Waals surface area contributed by atoms with E-state index in [2.05, 4.69) is 9.97 Å². The Morgan fingerprint density at radius 1 is 1.29 bits per heavy atom. The number of para-hydroxylation sites is 1. The number of aryl methyl sites for hydroxylation is 3. The van der Waals surface area contributed by atoms with Crippen molar-refractivity contribution in [2.45, 2.75) is 45.1 Å². The molecule has 0 saturated heterocycles. The second-order valence-corrected chi connectivity index (χ2v) is 10.2. The average Bonchev–Trinajstić information content (AvgIpc) is 3.03. The molecule has 31 heavy (non-hydrogen) atoms. The number of thioether (sulfide) groups is 1. The molecule has 8 heteroatoms. The Hall–Kier alpha value is -2.32. The maximum Gasteiger partial charge on any atom is 0.259 e. The first kappa shape index (κ1) is 23.3. The highest BCUT2D eigenvalue weighted by Crippen LogP contribution is 2.26. The minimum Gasteiger partial charge on any atom is -0.493 e. The van der Waals surface area contributed by atoms with Gasteiger partial charge in [0, 0.05) is 18.5 Å². The summed E-state index contributed by atoms with van der Waals surface area (Å²) >= 11 is 3.02. The molecule has 6 nitrogen and oxygen atoms in total. The van der Waals surface area contributed by atoms with Gasteiger partial charge in [-0.05, 0) is 51.3 Å². The van der Waals surface area contributed by atoms with E-state index in [4.69, 9.17) is 4.74 Å². The number of fused-ring (bicyclic) bond motifs is 1. The molecule has 3 rings (SSSR count). The first-order chi connectivity index (χ1) is 14.8. The van der Waals surface area contributed by atoms with E-state index < -0.39 is 0 Å². The average molecular weight is 460 g/mol. The van der Waals surface area contributed by atoms with Crippen LogP contribution in [0, 0.1) is 20.8 Å². The van der Waals surface area contributed by atoms with Crippen LogP contribution in [0.4, 0.5) is 0 Å². The molecule has 0 aliphatic carbocycles. The van der Waals surface area contributed by atoms with Gasteiger partial charge in [0.2, 0.25) is 5.91 Å². The van der Waals surface area contributed by atoms with Crippen LogP contribution in [0.3, 0.4) is 0 Å². The maximum absolute atomic E-state index is 12.7. The number of aromatic nitrogens is 2. The van der Waals surface area contributed by atoms with Crippen LogP contribution in [0.5, 0.6) is 5.75 Å². The zero-order valence-corrected chi connectivity index (χ0v) is 20.3. The van der Waals surface area contributed by atoms with Crippen molar-refractivity contribution in [1.29, 1.82) is 0 Å². The van der Waals surface area contributed by atoms with Crippen molar-refractivity contribution >= 4 is 39.2 Å². The number of carbonyl (C=O) groups is 1. The van der Waals surface area contributed by atoms with E-state index in [9.17, 15) is 9.59 Å². The number of hydrogen-bond donors (Lipinski definition) is 1. The van der Waals surface area contributed by atoms with E-state index in [-0.39, 0.29) is 16.7 Å². The number of amides is 1. The Bertz CT molecular complexity index is 1120. The van der Waals surface area contributed by atoms with Crippen molar-refractivity contribution in [2.75, 3.05) is 20.2 Å². The molecule has 0 spiro atoms. The van der Waals surface area contributed by atoms with Gasteiger partial charge in [-0.1, -0.05) is 18.2 Å². The highest BCUT2D eigenvalue weighted by molar-refractivity contribution is 7.99. The lowest BCUT2D eigenvalue weighted by molar-refractivity contribution is -0.129. The van der Waals surface area contributed by atoms with Gasteiger partial charge in [-0.25, -0.2) is 4.98 Å². The van der Waals surface area contributed by atoms with Crippen LogP contribution in [0.25, 0.3) is 10.2 Å². The van der Waals surface area contributed by atoms with Gasteiger partial charge in [0.05, 0.1) is 23.0 Å². The molecule has 166 valence electrons. The fourth-order valence-electron chi connectivity index (χ4n) is 3.27. The molecule has 0 aliphatic rings. The van der Waals surface area contributed by atoms with Gasteiger partial charge < -0.3 is 14.6 Å². The Kier molecular flexibility index (Phi) is 7.78. The third-order valence-electron chi connectivity index (χ3n) is 5.27. The Morgan fingerprint density at radius 3 is 2.77 bits per heavy atom. The van der Waals surface area contributed by atoms with Crippen molar-refractivity contribution in [3.63, 3.8) is 0 Å². The van der Waals surface area contributed by atoms with Crippen molar-refractivity contribution < 1.29 is 9.53 Å². The predicted octanol–water partition coefficient (Wildman–Crippen LogP) is 4.46. The van der Waals surface area contributed by atoms with E-state index in [1.807, 2.05) is 59.0 Å². The summed E-state index contributed by atoms with van der Waals surface area (Å²) in [6, 6.07) is 7.92. The minimum absolute atomic E-state index is 0.0622. The van der Waals surface area contributed by atoms with E-state index in [0.29, 0.717) is 30.1 Å². The van der Waals surface area contributed by atoms with Crippen LogP contribution in [0.15, 0.2) is 29.1 Å². The standard InChI is InChI=1S/C23H29N3O3S2/c1-14-9-6-7-10-18(14)29-12-8-11-26(5)23(28)17(4)30-13-19-24-21(27)20-15(2)16(3)31-22(20)25-19/h6-7,9-10,17H,8,11-13H2,1-5H3,(H,24,25,27). The van der Waals surface area contributed by atoms with Crippen molar-refractivity contribution in [2.24, 2.45) is 0 Å². The van der Waals surface area contributed by atoms with E-state index in [1.165, 1.54) is 23.1 Å². The lowest BCUT2D eigenvalue weighted by Gasteiger charge is -2.21. The number of rotatable bonds is 9. The molecule has 0 bridgehead atoms. The smallest absolute Gasteiger partial charge is 0.259 e. The molecular weight excluding hydrogens is 430 g/mol. The molecule has 3 aromatic rings. The van der Waals surface area contributed by atoms with Crippen LogP contribution in [0.2, 0.25) is 0 Å². The van der Waals surface area contributed by atoms with Gasteiger partial charge in [-0.15, -0.1) is 23.1 Å². The molecule has 0 radical (unpaired) electrons. The number of thiophene rings is 1. The molecule has 1 unspecified atom stereocenters. The monoisotopic (exact) mass is 459 g/mol. The molecule has 0 fully saturated rings. The predicted molar refractivity (Wildman–Crippen MR) is 129 cm³/mol. The third-order valence-corrected chi connectivity index (χ3v) is 7.51. The maximum atomic E-state index is 12.7. The summed E-state index contributed by atoms with van der Waals surface area (Å²) < 4.78 is 5.80. The molecular formula is C23H29N3O3S2. The quantitative estimate of drug-likeness (QED) is 0.478. The number of benzene rings is 1. The number of ether oxygens (including phenoxy) is 1. The number of hydrogen-bond acceptors (Lipinski definition) is 6. The van der Waals surface area contributed by atoms with Crippen molar-refractivity contribution in [3.05, 3.63) is 56.4 Å². The first-order valence-corrected chi connectivity index (χ1v) is 12.2. The number of H-pyrrole nitrogens is 1. The summed E-state index contributed by atoms with van der Waals surface area (Å²) in [6.45, 7) is 9.05. The highest BCUT2D eigenvalue weighted by Gasteiger charge is 2.19. The number of nitrogens with zero attached hydrogens (tertiary/aromatic N) is 2. The summed E-state index contributed by atoms with van der Waals surface area (Å²) in [6.07, 6.45) is 0.760. The topological polar surface area (TPSA) is 75.3 Å². The van der Waals surface area contributed by atoms with Gasteiger partial charge in [0.1, 0.15) is 16.4 Å². The Morgan fingerprint density at radius 2 is 2.03 bits per heavy atom. The second kappa shape index (κ2) is 10.3. The fourth-order valence-corrected chi connectivity index (χ4v) is 5.18. The molecule has 0 saturated carbocycles. The van der Waals surface area contributed by atoms with Gasteiger partial charge >= 0.3 is 0 Å². The lowest BCUT2D eigenvalue weighted by Crippen LogP contribution is -2.34. The SMILES string of the molecule is Cc1ccccc1OCCCN(C)C(=O)C(C)SCc1nc2sc(C)c(C)c2c(=O)[nH]1. The Balaban J connectivity index is 1.48. The number of nitrogens with one attached hydrogen (secondary N) is 1. The van der Waals surface area contributed by atoms with E-state index in [1.54, 1.807) is 4.90 Å². The minimum atomic E-state index is -0.227. The first-order valence-electron chi connectivity index (χ1n) is 10.3. The molecule has 1 aromatic carbocycles. The summed E-state index contributed by atoms with van der Waals surface area (Å²) in [5.74, 6) is 2.04. The molecule has 0 aliphatic heterocycles. The molecule has 1 amide bonds. The number of aromatic amines is 1. The highest BCUT2D eigenvalue weighted by atomic mass is 32.2. The molecule has 1 N–H and O–H groups in total. The van der Waals surface area contributed by atoms with Gasteiger partial charge in [-0.2, -0.15) is 0 Å². The van der Waals surface area contributed by atoms with Crippen LogP contribution < -0.4 is 10.3 Å². The van der Waals surface area contributed by atoms with Gasteiger partial charge in [0.25, 0.3) is 5.56 Å². The molecule has 1 atom stereocenters. The molecule has 2 heterocycles. The van der Waals surface area contributed by atoms with Crippen LogP contribution in [0.1, 0.15) is 35.2 Å². The fraction of sp³-hybridized carbons (Fsp3) is 0.435. The Labute approximate surface area is 191 Å². The number of carbonyl (C=O) groups excluding carboxylic acids is 1. The lowest BCUT2D eigenvalue weighted by atomic mass is 10.2. The zero-order chi connectivity index (χ0) is 22.5. The summed E-state index contributed by atoms with van der Waals surface area (Å²) in [4.78, 5) is 36.2.